The molecule has 18 aliphatic carbocycles. The van der Waals surface area contributed by atoms with Crippen LogP contribution in [0.25, 0.3) is 33.6 Å². The van der Waals surface area contributed by atoms with Crippen molar-refractivity contribution in [3.63, 3.8) is 0 Å². The summed E-state index contributed by atoms with van der Waals surface area (Å²) in [7, 11) is 11.5. The van der Waals surface area contributed by atoms with E-state index in [0.717, 1.165) is 200 Å². The molecule has 36 heteroatoms. The summed E-state index contributed by atoms with van der Waals surface area (Å²) in [4.78, 5) is 110. The van der Waals surface area contributed by atoms with Gasteiger partial charge in [-0.05, 0) is 277 Å². The molecule has 0 radical (unpaired) electrons. The lowest BCUT2D eigenvalue weighted by Gasteiger charge is -2.63. The maximum Gasteiger partial charge on any atom is 0.330 e. The first-order valence-electron chi connectivity index (χ1n) is 51.7. The van der Waals surface area contributed by atoms with Gasteiger partial charge in [0.15, 0.2) is 34.2 Å². The first-order valence-corrected chi connectivity index (χ1v) is 51.7. The number of fused-ring (bicyclic) bond motifs is 8. The van der Waals surface area contributed by atoms with E-state index in [0.29, 0.717) is 120 Å². The highest BCUT2D eigenvalue weighted by Crippen LogP contribution is 2.69. The number of hydrogen-bond acceptors (Lipinski definition) is 30. The molecule has 36 nitrogen and oxygen atoms in total. The van der Waals surface area contributed by atoms with E-state index >= 15 is 0 Å². The van der Waals surface area contributed by atoms with Gasteiger partial charge >= 0.3 is 23.3 Å². The average Bonchev–Trinajstić information content (AvgIpc) is 1.54. The Balaban J connectivity index is 0.0000000996. The van der Waals surface area contributed by atoms with Crippen LogP contribution in [0.15, 0.2) is 143 Å². The van der Waals surface area contributed by atoms with Crippen LogP contribution in [0.5, 0.6) is 0 Å². The lowest BCUT2D eigenvalue weighted by molar-refractivity contribution is -0.178. The molecular formula is C106H130N26O10. The number of esters is 2. The number of pyridine rings is 2. The number of anilines is 10. The first-order chi connectivity index (χ1) is 68.4. The molecule has 744 valence electrons. The Hall–Kier alpha value is -12.3. The van der Waals surface area contributed by atoms with Crippen LogP contribution in [0.2, 0.25) is 0 Å². The number of hydrogen-bond donors (Lipinski definition) is 4. The predicted molar refractivity (Wildman–Crippen MR) is 536 cm³/mol. The molecule has 12 unspecified atom stereocenters. The summed E-state index contributed by atoms with van der Waals surface area (Å²) in [6.07, 6.45) is 50.4. The van der Waals surface area contributed by atoms with E-state index in [1.165, 1.54) is 76.1 Å². The van der Waals surface area contributed by atoms with Gasteiger partial charge in [-0.25, -0.2) is 48.5 Å². The van der Waals surface area contributed by atoms with E-state index < -0.39 is 21.9 Å². The van der Waals surface area contributed by atoms with Crippen LogP contribution in [-0.2, 0) is 63.2 Å². The minimum atomic E-state index is -0.514. The molecule has 12 atom stereocenters. The fraction of sp³-hybridized carbons (Fsp3) is 0.585. The van der Waals surface area contributed by atoms with Gasteiger partial charge in [0.2, 0.25) is 23.8 Å². The molecule has 0 spiro atoms. The molecule has 10 aromatic heterocycles. The third-order valence-electron chi connectivity index (χ3n) is 36.8. The minimum absolute atomic E-state index is 0.00212. The highest BCUT2D eigenvalue weighted by Gasteiger charge is 2.68. The Labute approximate surface area is 824 Å². The van der Waals surface area contributed by atoms with E-state index in [-0.39, 0.29) is 57.8 Å². The van der Waals surface area contributed by atoms with Crippen molar-refractivity contribution in [1.29, 1.82) is 0 Å². The Kier molecular flexibility index (Phi) is 21.2. The highest BCUT2D eigenvalue weighted by atomic mass is 16.5. The molecule has 22 aliphatic rings. The number of methoxy groups -OCH3 is 2. The van der Waals surface area contributed by atoms with E-state index in [1.807, 2.05) is 88.0 Å². The number of imidazole rings is 2. The molecular weight excluding hydrogens is 1800 g/mol. The van der Waals surface area contributed by atoms with Crippen molar-refractivity contribution in [2.45, 2.75) is 254 Å². The summed E-state index contributed by atoms with van der Waals surface area (Å²) in [5.41, 5.74) is 12.3. The van der Waals surface area contributed by atoms with Gasteiger partial charge in [-0.2, -0.15) is 30.1 Å². The van der Waals surface area contributed by atoms with Crippen LogP contribution < -0.4 is 52.2 Å². The normalized spacial score (nSPS) is 33.8. The van der Waals surface area contributed by atoms with Crippen LogP contribution in [0.3, 0.4) is 0 Å². The predicted octanol–water partition coefficient (Wildman–Crippen LogP) is 15.4. The zero-order valence-electron chi connectivity index (χ0n) is 83.6. The number of carbonyl (C=O) groups is 2. The van der Waals surface area contributed by atoms with Crippen LogP contribution in [0, 0.1) is 83.9 Å². The van der Waals surface area contributed by atoms with Crippen molar-refractivity contribution >= 4 is 104 Å². The third kappa shape index (κ3) is 14.5. The quantitative estimate of drug-likeness (QED) is 0.0580. The molecule has 18 fully saturated rings. The second kappa shape index (κ2) is 33.1. The van der Waals surface area contributed by atoms with Crippen LogP contribution in [0.1, 0.15) is 206 Å². The summed E-state index contributed by atoms with van der Waals surface area (Å²) in [5.74, 6) is 11.2. The lowest BCUT2D eigenvalue weighted by Crippen LogP contribution is -2.66. The summed E-state index contributed by atoms with van der Waals surface area (Å²) >= 11 is 0. The number of nitrogens with one attached hydrogen (secondary N) is 4. The topological polar surface area (TPSA) is 368 Å². The average molecular weight is 1930 g/mol. The standard InChI is InChI=1S/C28H35N5O4.C27H35N5O2.C26H30N8O3.C25H30N8O/c1-4-36-24(34)27-10-17-8-18(11-27)13-28(12-17,15-27)33-23-21(32(3)26(33)35)14-29-25(31-23)30-20-9-19-5-6-37-22(19)7-16(20)2;1-16-7-23-20(5-6-34-23)9-21(16)29-25-28-14-22-24(30-25)32(17(2)31(22)3)26-10-18-8-19(11-26)13-27(12-18,15-26)33-4;1-4-37-22(35)25-7-16-6-17(8-25)10-26(9-16,13-25)34-21-19(32(3)24(34)36)11-27-23(31-21)30-18-12-33-20(5-15(18)2)28-14-29-33;1-15-5-21-27-14-28-32(21)12-19(15)29-23-26-11-20-22(30-23)33(16(2)31(20)3)24-7-17-6-18(8-24)10-25(9-17,13-24)34-4/h7,9,14,17-19,22H,4-6,8,10-13,15H2,1-3H3,(H,29,30,31);7,9,14,18-20,23H,2,5-6,8,10-13,15H2,1,3-4H3,(H,28,29,30);5,11-12,14,16-17H,4,6-10,13H2,1-3H3,(H,27,30,31);5,11-12,14,17-18H,2,6-10,13H2,1,3-4H3,(H,26,29,30). The number of rotatable bonds is 18. The fourth-order valence-corrected chi connectivity index (χ4v) is 32.2. The monoisotopic (exact) mass is 1930 g/mol. The van der Waals surface area contributed by atoms with Gasteiger partial charge in [0.05, 0.1) is 118 Å². The molecule has 0 aromatic carbocycles. The Morgan fingerprint density at radius 2 is 0.810 bits per heavy atom. The molecule has 32 rings (SSSR count). The molecule has 0 amide bonds. The van der Waals surface area contributed by atoms with E-state index in [9.17, 15) is 19.2 Å². The van der Waals surface area contributed by atoms with Crippen LogP contribution in [-0.4, -0.2) is 189 Å². The zero-order chi connectivity index (χ0) is 97.5. The van der Waals surface area contributed by atoms with Gasteiger partial charge in [-0.3, -0.25) is 27.9 Å². The molecule has 16 saturated carbocycles. The van der Waals surface area contributed by atoms with Gasteiger partial charge in [-0.1, -0.05) is 37.5 Å². The summed E-state index contributed by atoms with van der Waals surface area (Å²) in [6.45, 7) is 23.3. The second-order valence-corrected chi connectivity index (χ2v) is 45.9. The Morgan fingerprint density at radius 1 is 0.451 bits per heavy atom. The summed E-state index contributed by atoms with van der Waals surface area (Å²) in [6, 6.07) is 3.95. The highest BCUT2D eigenvalue weighted by molar-refractivity contribution is 5.84. The van der Waals surface area contributed by atoms with Gasteiger partial charge in [0, 0.05) is 91.7 Å². The van der Waals surface area contributed by atoms with Crippen LogP contribution in [0.4, 0.5) is 58.2 Å². The molecule has 16 bridgehead atoms. The van der Waals surface area contributed by atoms with E-state index in [2.05, 4.69) is 141 Å². The fourth-order valence-electron chi connectivity index (χ4n) is 32.2. The zero-order valence-corrected chi connectivity index (χ0v) is 83.6. The maximum atomic E-state index is 13.8. The Bertz CT molecular complexity index is 7120. The van der Waals surface area contributed by atoms with Gasteiger partial charge < -0.3 is 69.3 Å². The van der Waals surface area contributed by atoms with Gasteiger partial charge in [-0.15, -0.1) is 0 Å². The van der Waals surface area contributed by atoms with Crippen LogP contribution >= 0.6 is 0 Å². The van der Waals surface area contributed by atoms with Gasteiger partial charge in [0.1, 0.15) is 46.7 Å². The van der Waals surface area contributed by atoms with Gasteiger partial charge in [0.25, 0.3) is 0 Å². The summed E-state index contributed by atoms with van der Waals surface area (Å²) < 4.78 is 45.8. The number of aryl methyl sites for hydroxylation is 4. The van der Waals surface area contributed by atoms with Crippen molar-refractivity contribution in [2.75, 3.05) is 95.6 Å². The Morgan fingerprint density at radius 3 is 1.20 bits per heavy atom. The minimum Gasteiger partial charge on any atom is -0.466 e. The van der Waals surface area contributed by atoms with Crippen molar-refractivity contribution in [1.82, 2.24) is 87.3 Å². The van der Waals surface area contributed by atoms with E-state index in [4.69, 9.17) is 53.3 Å². The number of nitrogens with zero attached hydrogens (tertiary/aromatic N) is 22. The SMILES string of the molecule is C=C1N(C)c2cnc(NC3=CC4CCOC4C=C3C)nc2N1C12CC3CC(CC(OC)(C3)C1)C2.C=C1N(C)c2cnc(Nc3cn4ncnc4cc3C)nc2N1C12CC3CC(CC(OC)(C3)C1)C2.CCOC(=O)C12CC3CC(C1)CC(n1c(=O)n(C)c4cnc(NC5=CC6CCOC6C=C5C)nc41)(C3)C2.CCOC(=O)C12CC3CC(C1)CC(n1c(=O)n(C)c4cnc(Nc5cn6ncnc6cc5C)nc41)(C3)C2. The molecule has 14 heterocycles. The first kappa shape index (κ1) is 91.0. The number of carbonyl (C=O) groups excluding carboxylic acids is 2. The molecule has 142 heavy (non-hydrogen) atoms. The lowest BCUT2D eigenvalue weighted by atomic mass is 9.46. The summed E-state index contributed by atoms with van der Waals surface area (Å²) in [5, 5.41) is 22.2. The molecule has 4 aliphatic heterocycles. The maximum absolute atomic E-state index is 13.8. The number of allylic oxidation sites excluding steroid dienone is 2. The van der Waals surface area contributed by atoms with Crippen molar-refractivity contribution < 1.29 is 38.0 Å². The molecule has 2 saturated heterocycles. The number of ether oxygens (including phenoxy) is 6. The smallest absolute Gasteiger partial charge is 0.330 e. The largest absolute Gasteiger partial charge is 0.466 e. The van der Waals surface area contributed by atoms with Crippen molar-refractivity contribution in [2.24, 2.45) is 84.1 Å². The third-order valence-corrected chi connectivity index (χ3v) is 36.8. The van der Waals surface area contributed by atoms with Crippen molar-refractivity contribution in [3.05, 3.63) is 166 Å². The molecule has 4 N–H and O–H groups in total. The number of aromatic nitrogens is 18. The molecule has 10 aromatic rings. The van der Waals surface area contributed by atoms with Crippen molar-refractivity contribution in [3.8, 4) is 0 Å². The van der Waals surface area contributed by atoms with E-state index in [1.54, 1.807) is 51.0 Å². The second-order valence-electron chi connectivity index (χ2n) is 45.9.